The fourth-order valence-corrected chi connectivity index (χ4v) is 5.36. The standard InChI is InChI=1S/C30H34N6O2/c1-2-3-12-28-31-19-25(18-24(30(37)38)17-21-8-4-5-9-21)36(28)20-22-13-15-23(16-14-22)26-10-6-7-11-27(26)29-32-34-35-33-29/h6-7,10-11,13-16,18-19,21H,2-5,8-9,12,17,20H2,1H3,(H,37,38)(H,32,33,34,35)/b24-18+. The maximum Gasteiger partial charge on any atom is 0.331 e. The van der Waals surface area contributed by atoms with E-state index in [1.54, 1.807) is 0 Å². The number of carbonyl (C=O) groups is 1. The summed E-state index contributed by atoms with van der Waals surface area (Å²) < 4.78 is 2.18. The lowest BCUT2D eigenvalue weighted by atomic mass is 9.97. The normalized spacial score (nSPS) is 14.3. The molecule has 38 heavy (non-hydrogen) atoms. The van der Waals surface area contributed by atoms with Crippen molar-refractivity contribution in [1.82, 2.24) is 30.2 Å². The highest BCUT2D eigenvalue weighted by molar-refractivity contribution is 5.91. The summed E-state index contributed by atoms with van der Waals surface area (Å²) in [6, 6.07) is 16.5. The number of carboxylic acids is 1. The summed E-state index contributed by atoms with van der Waals surface area (Å²) in [5.41, 5.74) is 5.53. The molecular weight excluding hydrogens is 476 g/mol. The van der Waals surface area contributed by atoms with Gasteiger partial charge in [-0.15, -0.1) is 5.10 Å². The largest absolute Gasteiger partial charge is 0.478 e. The van der Waals surface area contributed by atoms with Gasteiger partial charge in [-0.2, -0.15) is 0 Å². The molecule has 2 aromatic heterocycles. The molecule has 1 saturated carbocycles. The molecule has 1 fully saturated rings. The van der Waals surface area contributed by atoms with Gasteiger partial charge in [0.05, 0.1) is 11.9 Å². The Bertz CT molecular complexity index is 1380. The molecule has 4 aromatic rings. The van der Waals surface area contributed by atoms with Crippen LogP contribution in [0.25, 0.3) is 28.6 Å². The Labute approximate surface area is 222 Å². The maximum absolute atomic E-state index is 12.1. The maximum atomic E-state index is 12.1. The number of benzene rings is 2. The highest BCUT2D eigenvalue weighted by Gasteiger charge is 2.21. The number of carboxylic acid groups (broad SMARTS) is 1. The van der Waals surface area contributed by atoms with Crippen molar-refractivity contribution in [3.05, 3.63) is 77.4 Å². The molecule has 0 saturated heterocycles. The van der Waals surface area contributed by atoms with Crippen LogP contribution in [0, 0.1) is 5.92 Å². The summed E-state index contributed by atoms with van der Waals surface area (Å²) >= 11 is 0. The van der Waals surface area contributed by atoms with Crippen molar-refractivity contribution in [2.75, 3.05) is 0 Å². The molecule has 0 atom stereocenters. The predicted octanol–water partition coefficient (Wildman–Crippen LogP) is 6.17. The Kier molecular flexibility index (Phi) is 8.06. The van der Waals surface area contributed by atoms with E-state index in [2.05, 4.69) is 62.4 Å². The molecule has 1 aliphatic carbocycles. The lowest BCUT2D eigenvalue weighted by molar-refractivity contribution is -0.132. The molecule has 0 unspecified atom stereocenters. The van der Waals surface area contributed by atoms with Crippen LogP contribution < -0.4 is 0 Å². The number of H-pyrrole nitrogens is 1. The molecule has 0 radical (unpaired) electrons. The summed E-state index contributed by atoms with van der Waals surface area (Å²) in [5.74, 6) is 1.27. The van der Waals surface area contributed by atoms with Gasteiger partial charge in [0, 0.05) is 24.1 Å². The van der Waals surface area contributed by atoms with E-state index < -0.39 is 5.97 Å². The van der Waals surface area contributed by atoms with E-state index in [0.29, 0.717) is 30.3 Å². The molecule has 2 aromatic carbocycles. The van der Waals surface area contributed by atoms with Gasteiger partial charge in [-0.1, -0.05) is 87.6 Å². The lowest BCUT2D eigenvalue weighted by Gasteiger charge is -2.14. The molecule has 0 aliphatic heterocycles. The van der Waals surface area contributed by atoms with Gasteiger partial charge >= 0.3 is 5.97 Å². The number of nitrogens with zero attached hydrogens (tertiary/aromatic N) is 5. The second-order valence-electron chi connectivity index (χ2n) is 10.1. The third-order valence-electron chi connectivity index (χ3n) is 7.44. The van der Waals surface area contributed by atoms with E-state index in [1.165, 1.54) is 12.8 Å². The Balaban J connectivity index is 1.42. The number of aromatic nitrogens is 6. The third kappa shape index (κ3) is 5.90. The topological polar surface area (TPSA) is 110 Å². The molecule has 0 bridgehead atoms. The summed E-state index contributed by atoms with van der Waals surface area (Å²) in [4.78, 5) is 16.8. The molecule has 8 nitrogen and oxygen atoms in total. The number of imidazole rings is 1. The number of hydrogen-bond donors (Lipinski definition) is 2. The minimum Gasteiger partial charge on any atom is -0.478 e. The van der Waals surface area contributed by atoms with Crippen LogP contribution in [-0.4, -0.2) is 41.3 Å². The second kappa shape index (κ2) is 12.0. The van der Waals surface area contributed by atoms with Crippen molar-refractivity contribution in [2.24, 2.45) is 5.92 Å². The van der Waals surface area contributed by atoms with Crippen molar-refractivity contribution < 1.29 is 9.90 Å². The Hall–Kier alpha value is -4.07. The summed E-state index contributed by atoms with van der Waals surface area (Å²) in [6.07, 6.45) is 11.9. The van der Waals surface area contributed by atoms with Crippen LogP contribution in [0.3, 0.4) is 0 Å². The molecule has 2 N–H and O–H groups in total. The van der Waals surface area contributed by atoms with E-state index >= 15 is 0 Å². The first-order valence-electron chi connectivity index (χ1n) is 13.5. The predicted molar refractivity (Wildman–Crippen MR) is 147 cm³/mol. The summed E-state index contributed by atoms with van der Waals surface area (Å²) in [6.45, 7) is 2.80. The number of rotatable bonds is 11. The number of aryl methyl sites for hydroxylation is 1. The lowest BCUT2D eigenvalue weighted by Crippen LogP contribution is -2.10. The van der Waals surface area contributed by atoms with Crippen molar-refractivity contribution in [3.8, 4) is 22.5 Å². The number of unbranched alkanes of at least 4 members (excludes halogenated alkanes) is 1. The number of aliphatic carboxylic acids is 1. The first-order chi connectivity index (χ1) is 18.6. The van der Waals surface area contributed by atoms with Crippen LogP contribution in [0.2, 0.25) is 0 Å². The molecule has 1 aliphatic rings. The van der Waals surface area contributed by atoms with Crippen LogP contribution in [-0.2, 0) is 17.8 Å². The molecule has 8 heteroatoms. The zero-order valence-corrected chi connectivity index (χ0v) is 21.8. The zero-order chi connectivity index (χ0) is 26.3. The second-order valence-corrected chi connectivity index (χ2v) is 10.1. The van der Waals surface area contributed by atoms with E-state index in [0.717, 1.165) is 65.9 Å². The number of nitrogens with one attached hydrogen (secondary N) is 1. The fourth-order valence-electron chi connectivity index (χ4n) is 5.36. The molecule has 5 rings (SSSR count). The Morgan fingerprint density at radius 2 is 1.87 bits per heavy atom. The molecule has 2 heterocycles. The van der Waals surface area contributed by atoms with Gasteiger partial charge in [0.15, 0.2) is 5.82 Å². The van der Waals surface area contributed by atoms with Gasteiger partial charge in [0.25, 0.3) is 0 Å². The van der Waals surface area contributed by atoms with Crippen molar-refractivity contribution in [1.29, 1.82) is 0 Å². The monoisotopic (exact) mass is 510 g/mol. The summed E-state index contributed by atoms with van der Waals surface area (Å²) in [5, 5.41) is 24.3. The average molecular weight is 511 g/mol. The van der Waals surface area contributed by atoms with E-state index in [-0.39, 0.29) is 0 Å². The van der Waals surface area contributed by atoms with Crippen LogP contribution in [0.1, 0.15) is 69.0 Å². The smallest absolute Gasteiger partial charge is 0.331 e. The third-order valence-corrected chi connectivity index (χ3v) is 7.44. The van der Waals surface area contributed by atoms with Gasteiger partial charge in [0.2, 0.25) is 0 Å². The molecular formula is C30H34N6O2. The van der Waals surface area contributed by atoms with Gasteiger partial charge in [-0.3, -0.25) is 0 Å². The zero-order valence-electron chi connectivity index (χ0n) is 21.8. The van der Waals surface area contributed by atoms with Crippen molar-refractivity contribution >= 4 is 12.0 Å². The highest BCUT2D eigenvalue weighted by atomic mass is 16.4. The fraction of sp³-hybridized carbons (Fsp3) is 0.367. The first-order valence-corrected chi connectivity index (χ1v) is 13.5. The first kappa shape index (κ1) is 25.6. The minimum absolute atomic E-state index is 0.469. The number of aromatic amines is 1. The SMILES string of the molecule is CCCCc1ncc(/C=C(\CC2CCCC2)C(=O)O)n1Cc1ccc(-c2ccccc2-c2nnn[nH]2)cc1. The van der Waals surface area contributed by atoms with Crippen molar-refractivity contribution in [3.63, 3.8) is 0 Å². The van der Waals surface area contributed by atoms with Gasteiger partial charge < -0.3 is 9.67 Å². The van der Waals surface area contributed by atoms with Crippen LogP contribution in [0.4, 0.5) is 0 Å². The Morgan fingerprint density at radius 3 is 2.55 bits per heavy atom. The molecule has 196 valence electrons. The number of hydrogen-bond acceptors (Lipinski definition) is 5. The summed E-state index contributed by atoms with van der Waals surface area (Å²) in [7, 11) is 0. The van der Waals surface area contributed by atoms with Gasteiger partial charge in [-0.25, -0.2) is 14.9 Å². The Morgan fingerprint density at radius 1 is 1.11 bits per heavy atom. The van der Waals surface area contributed by atoms with E-state index in [1.807, 2.05) is 30.5 Å². The number of tetrazole rings is 1. The van der Waals surface area contributed by atoms with Crippen molar-refractivity contribution in [2.45, 2.75) is 64.8 Å². The van der Waals surface area contributed by atoms with Gasteiger partial charge in [0.1, 0.15) is 5.82 Å². The average Bonchev–Trinajstić information content (AvgIpc) is 3.72. The van der Waals surface area contributed by atoms with Crippen LogP contribution in [0.15, 0.2) is 60.3 Å². The van der Waals surface area contributed by atoms with Gasteiger partial charge in [-0.05, 0) is 52.0 Å². The molecule has 0 amide bonds. The van der Waals surface area contributed by atoms with Crippen LogP contribution >= 0.6 is 0 Å². The quantitative estimate of drug-likeness (QED) is 0.234. The van der Waals surface area contributed by atoms with E-state index in [9.17, 15) is 9.90 Å². The minimum atomic E-state index is -0.829. The van der Waals surface area contributed by atoms with E-state index in [4.69, 9.17) is 4.98 Å². The highest BCUT2D eigenvalue weighted by Crippen LogP contribution is 2.32. The van der Waals surface area contributed by atoms with Crippen LogP contribution in [0.5, 0.6) is 0 Å². The molecule has 0 spiro atoms.